The molecule has 21 heavy (non-hydrogen) atoms. The third-order valence-electron chi connectivity index (χ3n) is 3.43. The van der Waals surface area contributed by atoms with Crippen LogP contribution >= 0.6 is 0 Å². The number of nitrogens with one attached hydrogen (secondary N) is 1. The van der Waals surface area contributed by atoms with Crippen LogP contribution in [0, 0.1) is 10.1 Å². The van der Waals surface area contributed by atoms with E-state index in [-0.39, 0.29) is 16.7 Å². The van der Waals surface area contributed by atoms with Gasteiger partial charge in [-0.3, -0.25) is 10.1 Å². The summed E-state index contributed by atoms with van der Waals surface area (Å²) in [5, 5.41) is 14.3. The number of aromatic nitrogens is 2. The van der Waals surface area contributed by atoms with Crippen LogP contribution in [-0.2, 0) is 6.54 Å². The molecule has 2 aromatic rings. The van der Waals surface area contributed by atoms with Crippen molar-refractivity contribution in [2.75, 3.05) is 6.54 Å². The zero-order valence-electron chi connectivity index (χ0n) is 12.1. The second kappa shape index (κ2) is 7.54. The van der Waals surface area contributed by atoms with Crippen LogP contribution < -0.4 is 5.32 Å². The number of hydrogen-bond acceptors (Lipinski definition) is 4. The summed E-state index contributed by atoms with van der Waals surface area (Å²) in [7, 11) is 0. The molecule has 0 saturated carbocycles. The van der Waals surface area contributed by atoms with Gasteiger partial charge >= 0.3 is 0 Å². The molecule has 6 heteroatoms. The first-order chi connectivity index (χ1) is 10.2. The van der Waals surface area contributed by atoms with E-state index >= 15 is 0 Å². The maximum atomic E-state index is 10.8. The quantitative estimate of drug-likeness (QED) is 0.460. The molecule has 0 aliphatic carbocycles. The maximum absolute atomic E-state index is 10.8. The second-order valence-electron chi connectivity index (χ2n) is 4.92. The van der Waals surface area contributed by atoms with Gasteiger partial charge < -0.3 is 9.88 Å². The summed E-state index contributed by atoms with van der Waals surface area (Å²) in [5.41, 5.74) is 1.11. The Morgan fingerprint density at radius 2 is 2.33 bits per heavy atom. The lowest BCUT2D eigenvalue weighted by molar-refractivity contribution is -0.384. The number of hydrogen-bond donors (Lipinski definition) is 1. The number of nitro benzene ring substituents is 1. The molecule has 0 fully saturated rings. The Hall–Kier alpha value is -2.21. The number of nitro groups is 1. The first-order valence-electron chi connectivity index (χ1n) is 7.14. The molecule has 6 nitrogen and oxygen atoms in total. The van der Waals surface area contributed by atoms with Gasteiger partial charge in [-0.1, -0.05) is 19.1 Å². The number of aryl methyl sites for hydroxylation is 1. The smallest absolute Gasteiger partial charge is 0.269 e. The van der Waals surface area contributed by atoms with Crippen LogP contribution in [0.4, 0.5) is 5.69 Å². The lowest BCUT2D eigenvalue weighted by Crippen LogP contribution is -2.22. The van der Waals surface area contributed by atoms with Crippen molar-refractivity contribution in [2.24, 2.45) is 0 Å². The third kappa shape index (κ3) is 4.39. The lowest BCUT2D eigenvalue weighted by Gasteiger charge is -2.17. The first kappa shape index (κ1) is 15.2. The first-order valence-corrected chi connectivity index (χ1v) is 7.14. The number of imidazole rings is 1. The Morgan fingerprint density at radius 1 is 1.48 bits per heavy atom. The average Bonchev–Trinajstić information content (AvgIpc) is 3.01. The molecule has 1 atom stereocenters. The van der Waals surface area contributed by atoms with E-state index in [0.717, 1.165) is 31.5 Å². The van der Waals surface area contributed by atoms with Crippen molar-refractivity contribution >= 4 is 5.69 Å². The van der Waals surface area contributed by atoms with Crippen LogP contribution in [0.15, 0.2) is 43.0 Å². The molecule has 1 aromatic heterocycles. The zero-order valence-corrected chi connectivity index (χ0v) is 12.1. The Labute approximate surface area is 124 Å². The number of nitrogens with zero attached hydrogens (tertiary/aromatic N) is 3. The van der Waals surface area contributed by atoms with Gasteiger partial charge in [0.05, 0.1) is 11.3 Å². The molecule has 112 valence electrons. The molecule has 1 unspecified atom stereocenters. The summed E-state index contributed by atoms with van der Waals surface area (Å²) in [6.07, 6.45) is 7.40. The van der Waals surface area contributed by atoms with E-state index in [1.807, 2.05) is 16.8 Å². The molecule has 1 N–H and O–H groups in total. The Balaban J connectivity index is 1.87. The van der Waals surface area contributed by atoms with Crippen LogP contribution in [0.25, 0.3) is 0 Å². The van der Waals surface area contributed by atoms with E-state index in [1.54, 1.807) is 24.7 Å². The summed E-state index contributed by atoms with van der Waals surface area (Å²) >= 11 is 0. The molecule has 1 heterocycles. The number of non-ortho nitro benzene ring substituents is 1. The molecule has 0 saturated heterocycles. The van der Waals surface area contributed by atoms with Crippen molar-refractivity contribution < 1.29 is 4.92 Å². The molecule has 0 aliphatic heterocycles. The Morgan fingerprint density at radius 3 is 3.00 bits per heavy atom. The third-order valence-corrected chi connectivity index (χ3v) is 3.43. The minimum atomic E-state index is -0.352. The molecular formula is C15H20N4O2. The Kier molecular flexibility index (Phi) is 5.45. The summed E-state index contributed by atoms with van der Waals surface area (Å²) in [5.74, 6) is 0. The number of benzene rings is 1. The van der Waals surface area contributed by atoms with Gasteiger partial charge in [0.15, 0.2) is 0 Å². The predicted octanol–water partition coefficient (Wildman–Crippen LogP) is 2.92. The van der Waals surface area contributed by atoms with Crippen LogP contribution in [0.3, 0.4) is 0 Å². The molecule has 2 rings (SSSR count). The lowest BCUT2D eigenvalue weighted by atomic mass is 10.0. The molecule has 0 bridgehead atoms. The topological polar surface area (TPSA) is 73.0 Å². The second-order valence-corrected chi connectivity index (χ2v) is 4.92. The van der Waals surface area contributed by atoms with Gasteiger partial charge in [-0.15, -0.1) is 0 Å². The predicted molar refractivity (Wildman–Crippen MR) is 81.0 cm³/mol. The van der Waals surface area contributed by atoms with Gasteiger partial charge in [0.25, 0.3) is 5.69 Å². The standard InChI is InChI=1S/C15H20N4O2/c1-2-15(13-5-3-6-14(11-13)19(20)21)17-7-4-9-18-10-8-16-12-18/h3,5-6,8,10-12,15,17H,2,4,7,9H2,1H3. The molecule has 0 radical (unpaired) electrons. The van der Waals surface area contributed by atoms with Crippen LogP contribution in [0.2, 0.25) is 0 Å². The van der Waals surface area contributed by atoms with E-state index in [1.165, 1.54) is 6.07 Å². The van der Waals surface area contributed by atoms with Gasteiger partial charge in [-0.05, 0) is 24.9 Å². The molecule has 1 aromatic carbocycles. The van der Waals surface area contributed by atoms with Crippen molar-refractivity contribution in [1.29, 1.82) is 0 Å². The molecular weight excluding hydrogens is 268 g/mol. The van der Waals surface area contributed by atoms with Crippen molar-refractivity contribution in [1.82, 2.24) is 14.9 Å². The summed E-state index contributed by atoms with van der Waals surface area (Å²) < 4.78 is 2.04. The van der Waals surface area contributed by atoms with Gasteiger partial charge in [-0.25, -0.2) is 4.98 Å². The van der Waals surface area contributed by atoms with E-state index in [2.05, 4.69) is 17.2 Å². The highest BCUT2D eigenvalue weighted by atomic mass is 16.6. The largest absolute Gasteiger partial charge is 0.337 e. The van der Waals surface area contributed by atoms with E-state index < -0.39 is 0 Å². The van der Waals surface area contributed by atoms with E-state index in [9.17, 15) is 10.1 Å². The summed E-state index contributed by atoms with van der Waals surface area (Å²) in [4.78, 5) is 14.5. The fourth-order valence-electron chi connectivity index (χ4n) is 2.31. The molecule has 0 aliphatic rings. The van der Waals surface area contributed by atoms with E-state index in [4.69, 9.17) is 0 Å². The SMILES string of the molecule is CCC(NCCCn1ccnc1)c1cccc([N+](=O)[O-])c1. The summed E-state index contributed by atoms with van der Waals surface area (Å²) in [6, 6.07) is 6.99. The summed E-state index contributed by atoms with van der Waals surface area (Å²) in [6.45, 7) is 3.85. The fourth-order valence-corrected chi connectivity index (χ4v) is 2.31. The minimum absolute atomic E-state index is 0.145. The van der Waals surface area contributed by atoms with Gasteiger partial charge in [0, 0.05) is 37.1 Å². The zero-order chi connectivity index (χ0) is 15.1. The van der Waals surface area contributed by atoms with Crippen molar-refractivity contribution in [3.8, 4) is 0 Å². The monoisotopic (exact) mass is 288 g/mol. The molecule has 0 spiro atoms. The fraction of sp³-hybridized carbons (Fsp3) is 0.400. The highest BCUT2D eigenvalue weighted by molar-refractivity contribution is 5.35. The van der Waals surface area contributed by atoms with Gasteiger partial charge in [0.1, 0.15) is 0 Å². The van der Waals surface area contributed by atoms with Crippen molar-refractivity contribution in [3.63, 3.8) is 0 Å². The van der Waals surface area contributed by atoms with Crippen molar-refractivity contribution in [3.05, 3.63) is 58.7 Å². The van der Waals surface area contributed by atoms with Crippen LogP contribution in [0.1, 0.15) is 31.4 Å². The van der Waals surface area contributed by atoms with Crippen LogP contribution in [0.5, 0.6) is 0 Å². The average molecular weight is 288 g/mol. The highest BCUT2D eigenvalue weighted by Crippen LogP contribution is 2.21. The molecule has 0 amide bonds. The highest BCUT2D eigenvalue weighted by Gasteiger charge is 2.12. The van der Waals surface area contributed by atoms with Crippen molar-refractivity contribution in [2.45, 2.75) is 32.4 Å². The van der Waals surface area contributed by atoms with Gasteiger partial charge in [-0.2, -0.15) is 0 Å². The minimum Gasteiger partial charge on any atom is -0.337 e. The Bertz CT molecular complexity index is 569. The number of rotatable bonds is 8. The van der Waals surface area contributed by atoms with Gasteiger partial charge in [0.2, 0.25) is 0 Å². The van der Waals surface area contributed by atoms with Crippen LogP contribution in [-0.4, -0.2) is 21.0 Å². The maximum Gasteiger partial charge on any atom is 0.269 e. The normalized spacial score (nSPS) is 12.2. The van der Waals surface area contributed by atoms with E-state index in [0.29, 0.717) is 0 Å².